The van der Waals surface area contributed by atoms with Crippen LogP contribution < -0.4 is 0 Å². The fourth-order valence-corrected chi connectivity index (χ4v) is 2.43. The van der Waals surface area contributed by atoms with Crippen LogP contribution in [0.15, 0.2) is 6.20 Å². The molecule has 18 heavy (non-hydrogen) atoms. The lowest BCUT2D eigenvalue weighted by atomic mass is 9.95. The van der Waals surface area contributed by atoms with Crippen molar-refractivity contribution in [3.05, 3.63) is 11.9 Å². The summed E-state index contributed by atoms with van der Waals surface area (Å²) in [6, 6.07) is 0.601. The highest BCUT2D eigenvalue weighted by molar-refractivity contribution is 5.84. The number of piperidine rings is 1. The summed E-state index contributed by atoms with van der Waals surface area (Å²) in [5.41, 5.74) is 0.00932. The van der Waals surface area contributed by atoms with E-state index in [2.05, 4.69) is 29.1 Å². The van der Waals surface area contributed by atoms with E-state index < -0.39 is 5.97 Å². The van der Waals surface area contributed by atoms with E-state index >= 15 is 0 Å². The van der Waals surface area contributed by atoms with Gasteiger partial charge in [0.15, 0.2) is 5.69 Å². The molecule has 0 amide bonds. The van der Waals surface area contributed by atoms with Crippen molar-refractivity contribution in [1.29, 1.82) is 0 Å². The standard InChI is InChI=1S/C12H20N4O2/c1-9-3-4-10(2)15(7-9)5-6-16-8-11(12(17)18)13-14-16/h8-10H,3-7H2,1-2H3,(H,17,18). The largest absolute Gasteiger partial charge is 0.476 e. The predicted molar refractivity (Wildman–Crippen MR) is 66.4 cm³/mol. The Balaban J connectivity index is 1.88. The van der Waals surface area contributed by atoms with Gasteiger partial charge in [0.1, 0.15) is 0 Å². The monoisotopic (exact) mass is 252 g/mol. The Morgan fingerprint density at radius 2 is 2.22 bits per heavy atom. The zero-order valence-corrected chi connectivity index (χ0v) is 10.9. The summed E-state index contributed by atoms with van der Waals surface area (Å²) in [5.74, 6) is -0.285. The van der Waals surface area contributed by atoms with Gasteiger partial charge >= 0.3 is 5.97 Å². The number of carboxylic acid groups (broad SMARTS) is 1. The molecule has 6 nitrogen and oxygen atoms in total. The fraction of sp³-hybridized carbons (Fsp3) is 0.750. The first-order valence-corrected chi connectivity index (χ1v) is 6.43. The van der Waals surface area contributed by atoms with Crippen LogP contribution in [0.25, 0.3) is 0 Å². The molecule has 0 aliphatic carbocycles. The maximum atomic E-state index is 10.7. The Morgan fingerprint density at radius 3 is 2.89 bits per heavy atom. The maximum Gasteiger partial charge on any atom is 0.358 e. The van der Waals surface area contributed by atoms with E-state index in [9.17, 15) is 4.79 Å². The van der Waals surface area contributed by atoms with E-state index in [1.807, 2.05) is 0 Å². The molecule has 1 aliphatic rings. The lowest BCUT2D eigenvalue weighted by Gasteiger charge is -2.36. The molecule has 0 saturated carbocycles. The molecule has 1 N–H and O–H groups in total. The number of hydrogen-bond acceptors (Lipinski definition) is 4. The van der Waals surface area contributed by atoms with Gasteiger partial charge in [-0.15, -0.1) is 5.10 Å². The topological polar surface area (TPSA) is 71.2 Å². The zero-order chi connectivity index (χ0) is 13.1. The number of hydrogen-bond donors (Lipinski definition) is 1. The number of rotatable bonds is 4. The smallest absolute Gasteiger partial charge is 0.358 e. The number of carboxylic acids is 1. The molecule has 2 unspecified atom stereocenters. The quantitative estimate of drug-likeness (QED) is 0.868. The van der Waals surface area contributed by atoms with E-state index in [0.29, 0.717) is 12.6 Å². The lowest BCUT2D eigenvalue weighted by Crippen LogP contribution is -2.42. The Kier molecular flexibility index (Phi) is 3.96. The molecule has 1 saturated heterocycles. The normalized spacial score (nSPS) is 25.2. The van der Waals surface area contributed by atoms with Crippen molar-refractivity contribution >= 4 is 5.97 Å². The van der Waals surface area contributed by atoms with Crippen molar-refractivity contribution in [1.82, 2.24) is 19.9 Å². The number of carbonyl (C=O) groups is 1. The first kappa shape index (κ1) is 13.0. The summed E-state index contributed by atoms with van der Waals surface area (Å²) in [6.45, 7) is 7.22. The Morgan fingerprint density at radius 1 is 1.44 bits per heavy atom. The summed E-state index contributed by atoms with van der Waals surface area (Å²) in [5, 5.41) is 16.2. The predicted octanol–water partition coefficient (Wildman–Crippen LogP) is 1.10. The van der Waals surface area contributed by atoms with E-state index in [0.717, 1.165) is 19.0 Å². The van der Waals surface area contributed by atoms with Gasteiger partial charge < -0.3 is 5.11 Å². The number of aromatic carboxylic acids is 1. The molecule has 2 atom stereocenters. The van der Waals surface area contributed by atoms with Crippen molar-refractivity contribution in [3.63, 3.8) is 0 Å². The van der Waals surface area contributed by atoms with E-state index in [1.54, 1.807) is 4.68 Å². The summed E-state index contributed by atoms with van der Waals surface area (Å²) in [7, 11) is 0. The highest BCUT2D eigenvalue weighted by atomic mass is 16.4. The molecule has 1 aliphatic heterocycles. The van der Waals surface area contributed by atoms with Crippen LogP contribution in [0.1, 0.15) is 37.2 Å². The van der Waals surface area contributed by atoms with Crippen LogP contribution in [0.2, 0.25) is 0 Å². The van der Waals surface area contributed by atoms with Gasteiger partial charge in [-0.1, -0.05) is 12.1 Å². The van der Waals surface area contributed by atoms with Crippen molar-refractivity contribution < 1.29 is 9.90 Å². The molecular formula is C12H20N4O2. The second kappa shape index (κ2) is 5.48. The third-order valence-electron chi connectivity index (χ3n) is 3.62. The molecule has 0 bridgehead atoms. The minimum absolute atomic E-state index is 0.00932. The van der Waals surface area contributed by atoms with Gasteiger partial charge in [-0.05, 0) is 25.7 Å². The molecule has 2 rings (SSSR count). The maximum absolute atomic E-state index is 10.7. The highest BCUT2D eigenvalue weighted by Crippen LogP contribution is 2.20. The van der Waals surface area contributed by atoms with Gasteiger partial charge in [0.05, 0.1) is 12.7 Å². The molecule has 0 spiro atoms. The van der Waals surface area contributed by atoms with Crippen molar-refractivity contribution in [3.8, 4) is 0 Å². The molecule has 1 fully saturated rings. The average Bonchev–Trinajstić information content (AvgIpc) is 2.79. The Hall–Kier alpha value is -1.43. The van der Waals surface area contributed by atoms with Gasteiger partial charge in [0.2, 0.25) is 0 Å². The highest BCUT2D eigenvalue weighted by Gasteiger charge is 2.22. The minimum atomic E-state index is -1.03. The zero-order valence-electron chi connectivity index (χ0n) is 10.9. The minimum Gasteiger partial charge on any atom is -0.476 e. The summed E-state index contributed by atoms with van der Waals surface area (Å²) in [6.07, 6.45) is 4.02. The first-order chi connectivity index (χ1) is 8.56. The van der Waals surface area contributed by atoms with Crippen LogP contribution in [0.3, 0.4) is 0 Å². The molecular weight excluding hydrogens is 232 g/mol. The second-order valence-electron chi connectivity index (χ2n) is 5.20. The summed E-state index contributed by atoms with van der Waals surface area (Å²) >= 11 is 0. The van der Waals surface area contributed by atoms with Crippen LogP contribution in [-0.2, 0) is 6.54 Å². The number of likely N-dealkylation sites (tertiary alicyclic amines) is 1. The van der Waals surface area contributed by atoms with Crippen LogP contribution in [-0.4, -0.2) is 50.1 Å². The fourth-order valence-electron chi connectivity index (χ4n) is 2.43. The van der Waals surface area contributed by atoms with Crippen molar-refractivity contribution in [2.24, 2.45) is 5.92 Å². The second-order valence-corrected chi connectivity index (χ2v) is 5.20. The van der Waals surface area contributed by atoms with Gasteiger partial charge in [-0.25, -0.2) is 4.79 Å². The Labute approximate surface area is 107 Å². The molecule has 0 aromatic carbocycles. The molecule has 0 radical (unpaired) electrons. The first-order valence-electron chi connectivity index (χ1n) is 6.43. The summed E-state index contributed by atoms with van der Waals surface area (Å²) in [4.78, 5) is 13.1. The van der Waals surface area contributed by atoms with Gasteiger partial charge in [0, 0.05) is 19.1 Å². The molecule has 1 aromatic heterocycles. The van der Waals surface area contributed by atoms with Gasteiger partial charge in [-0.2, -0.15) is 0 Å². The Bertz CT molecular complexity index is 418. The van der Waals surface area contributed by atoms with E-state index in [-0.39, 0.29) is 5.69 Å². The molecule has 6 heteroatoms. The lowest BCUT2D eigenvalue weighted by molar-refractivity contribution is 0.0690. The van der Waals surface area contributed by atoms with E-state index in [1.165, 1.54) is 19.0 Å². The van der Waals surface area contributed by atoms with Gasteiger partial charge in [-0.3, -0.25) is 9.58 Å². The van der Waals surface area contributed by atoms with Crippen molar-refractivity contribution in [2.75, 3.05) is 13.1 Å². The number of aromatic nitrogens is 3. The van der Waals surface area contributed by atoms with Gasteiger partial charge in [0.25, 0.3) is 0 Å². The molecule has 2 heterocycles. The summed E-state index contributed by atoms with van der Waals surface area (Å²) < 4.78 is 1.61. The third-order valence-corrected chi connectivity index (χ3v) is 3.62. The molecule has 100 valence electrons. The van der Waals surface area contributed by atoms with Crippen LogP contribution >= 0.6 is 0 Å². The third kappa shape index (κ3) is 3.07. The van der Waals surface area contributed by atoms with Crippen LogP contribution in [0.4, 0.5) is 0 Å². The average molecular weight is 252 g/mol. The number of nitrogens with zero attached hydrogens (tertiary/aromatic N) is 4. The molecule has 1 aromatic rings. The van der Waals surface area contributed by atoms with Crippen LogP contribution in [0.5, 0.6) is 0 Å². The SMILES string of the molecule is CC1CCC(C)N(CCn2cc(C(=O)O)nn2)C1. The van der Waals surface area contributed by atoms with Crippen LogP contribution in [0, 0.1) is 5.92 Å². The van der Waals surface area contributed by atoms with E-state index in [4.69, 9.17) is 5.11 Å². The van der Waals surface area contributed by atoms with Crippen molar-refractivity contribution in [2.45, 2.75) is 39.3 Å².